The van der Waals surface area contributed by atoms with E-state index >= 15 is 0 Å². The predicted octanol–water partition coefficient (Wildman–Crippen LogP) is 8.61. The largest absolute Gasteiger partial charge is 0.348 e. The minimum absolute atomic E-state index is 0.185. The van der Waals surface area contributed by atoms with Gasteiger partial charge in [-0.05, 0) is 86.8 Å². The summed E-state index contributed by atoms with van der Waals surface area (Å²) in [6.45, 7) is 5.45. The first-order chi connectivity index (χ1) is 23.2. The van der Waals surface area contributed by atoms with E-state index in [0.29, 0.717) is 37.6 Å². The fraction of sp³-hybridized carbons (Fsp3) is 0.200. The number of aromatic nitrogens is 3. The normalized spacial score (nSPS) is 13.3. The van der Waals surface area contributed by atoms with Crippen LogP contribution in [0, 0.1) is 29.8 Å². The molecular formula is C35H28FN5O4S3. The summed E-state index contributed by atoms with van der Waals surface area (Å²) in [6, 6.07) is 19.3. The number of thiophene rings is 1. The van der Waals surface area contributed by atoms with Crippen LogP contribution in [0.3, 0.4) is 0 Å². The zero-order chi connectivity index (χ0) is 33.5. The zero-order valence-corrected chi connectivity index (χ0v) is 28.4. The Morgan fingerprint density at radius 2 is 1.69 bits per heavy atom. The smallest absolute Gasteiger partial charge is 0.284 e. The molecule has 242 valence electrons. The Bertz CT molecular complexity index is 2260. The molecule has 0 atom stereocenters. The number of anilines is 1. The highest BCUT2D eigenvalue weighted by Gasteiger charge is 2.27. The van der Waals surface area contributed by atoms with Gasteiger partial charge in [-0.15, -0.1) is 11.3 Å². The van der Waals surface area contributed by atoms with Gasteiger partial charge in [-0.1, -0.05) is 41.7 Å². The van der Waals surface area contributed by atoms with E-state index in [4.69, 9.17) is 4.98 Å². The van der Waals surface area contributed by atoms with Gasteiger partial charge in [0.2, 0.25) is 5.78 Å². The summed E-state index contributed by atoms with van der Waals surface area (Å²) in [6.07, 6.45) is 3.33. The fourth-order valence-electron chi connectivity index (χ4n) is 5.91. The van der Waals surface area contributed by atoms with Gasteiger partial charge >= 0.3 is 0 Å². The maximum atomic E-state index is 14.3. The third kappa shape index (κ3) is 5.93. The number of carbonyl (C=O) groups is 1. The number of thiazole rings is 1. The van der Waals surface area contributed by atoms with Gasteiger partial charge in [0.1, 0.15) is 10.6 Å². The molecular weight excluding hydrogens is 670 g/mol. The van der Waals surface area contributed by atoms with Crippen LogP contribution in [0.25, 0.3) is 27.0 Å². The average Bonchev–Trinajstić information content (AvgIpc) is 3.65. The molecule has 0 saturated carbocycles. The second-order valence-electron chi connectivity index (χ2n) is 11.4. The molecule has 13 heteroatoms. The number of nitro benzene ring substituents is 1. The van der Waals surface area contributed by atoms with Gasteiger partial charge in [0, 0.05) is 35.2 Å². The first-order valence-electron chi connectivity index (χ1n) is 15.3. The molecule has 1 saturated heterocycles. The molecule has 0 unspecified atom stereocenters. The number of aryl methyl sites for hydroxylation is 2. The predicted molar refractivity (Wildman–Crippen MR) is 189 cm³/mol. The Balaban J connectivity index is 1.31. The highest BCUT2D eigenvalue weighted by atomic mass is 32.2. The van der Waals surface area contributed by atoms with E-state index in [1.54, 1.807) is 49.4 Å². The van der Waals surface area contributed by atoms with Crippen molar-refractivity contribution in [3.05, 3.63) is 120 Å². The topological polar surface area (TPSA) is 111 Å². The van der Waals surface area contributed by atoms with Crippen LogP contribution in [0.4, 0.5) is 15.2 Å². The molecule has 0 radical (unpaired) electrons. The highest BCUT2D eigenvalue weighted by Crippen LogP contribution is 2.40. The van der Waals surface area contributed by atoms with Crippen LogP contribution in [0.2, 0.25) is 0 Å². The number of nitrogens with zero attached hydrogens (tertiary/aromatic N) is 5. The van der Waals surface area contributed by atoms with Gasteiger partial charge in [0.25, 0.3) is 11.2 Å². The molecule has 0 spiro atoms. The summed E-state index contributed by atoms with van der Waals surface area (Å²) in [5.41, 5.74) is 2.06. The number of piperidine rings is 1. The number of halogens is 1. The molecule has 1 aliphatic heterocycles. The van der Waals surface area contributed by atoms with E-state index in [-0.39, 0.29) is 38.5 Å². The van der Waals surface area contributed by atoms with Gasteiger partial charge in [0.05, 0.1) is 31.5 Å². The minimum Gasteiger partial charge on any atom is -0.348 e. The Hall–Kier alpha value is -4.72. The number of para-hydroxylation sites is 1. The third-order valence-corrected chi connectivity index (χ3v) is 11.5. The second kappa shape index (κ2) is 13.1. The van der Waals surface area contributed by atoms with Gasteiger partial charge in [-0.25, -0.2) is 14.4 Å². The van der Waals surface area contributed by atoms with Crippen LogP contribution >= 0.6 is 34.4 Å². The van der Waals surface area contributed by atoms with Crippen LogP contribution < -0.4 is 10.5 Å². The summed E-state index contributed by atoms with van der Waals surface area (Å²) in [5, 5.41) is 13.8. The molecule has 0 aliphatic carbocycles. The number of hydrogen-bond acceptors (Lipinski definition) is 10. The van der Waals surface area contributed by atoms with Crippen LogP contribution in [0.5, 0.6) is 0 Å². The molecule has 1 fully saturated rings. The molecule has 0 bridgehead atoms. The molecule has 9 nitrogen and oxygen atoms in total. The van der Waals surface area contributed by atoms with Gasteiger partial charge in [-0.3, -0.25) is 24.3 Å². The van der Waals surface area contributed by atoms with Crippen LogP contribution in [0.15, 0.2) is 87.6 Å². The molecule has 7 rings (SSSR count). The second-order valence-corrected chi connectivity index (χ2v) is 14.6. The number of carbonyl (C=O) groups excluding carboxylic acids is 1. The van der Waals surface area contributed by atoms with E-state index < -0.39 is 4.92 Å². The van der Waals surface area contributed by atoms with Crippen molar-refractivity contribution in [3.8, 4) is 16.8 Å². The summed E-state index contributed by atoms with van der Waals surface area (Å²) < 4.78 is 15.2. The minimum atomic E-state index is -0.525. The highest BCUT2D eigenvalue weighted by molar-refractivity contribution is 7.99. The van der Waals surface area contributed by atoms with Crippen LogP contribution in [-0.4, -0.2) is 38.3 Å². The molecule has 3 aromatic carbocycles. The van der Waals surface area contributed by atoms with Crippen molar-refractivity contribution in [3.63, 3.8) is 0 Å². The molecule has 48 heavy (non-hydrogen) atoms. The number of nitro groups is 1. The Labute approximate surface area is 286 Å². The monoisotopic (exact) mass is 697 g/mol. The maximum Gasteiger partial charge on any atom is 0.284 e. The molecule has 1 aliphatic rings. The first kappa shape index (κ1) is 31.9. The van der Waals surface area contributed by atoms with Crippen molar-refractivity contribution in [1.82, 2.24) is 14.5 Å². The number of fused-ring (bicyclic) bond motifs is 1. The number of ketones is 1. The van der Waals surface area contributed by atoms with Gasteiger partial charge < -0.3 is 4.90 Å². The Kier molecular flexibility index (Phi) is 8.67. The first-order valence-corrected chi connectivity index (χ1v) is 17.8. The fourth-order valence-corrected chi connectivity index (χ4v) is 9.07. The van der Waals surface area contributed by atoms with Crippen LogP contribution in [-0.2, 0) is 0 Å². The lowest BCUT2D eigenvalue weighted by molar-refractivity contribution is -0.387. The number of rotatable bonds is 8. The van der Waals surface area contributed by atoms with Gasteiger partial charge in [0.15, 0.2) is 10.3 Å². The summed E-state index contributed by atoms with van der Waals surface area (Å²) in [5.74, 6) is -0.704. The molecule has 6 aromatic rings. The van der Waals surface area contributed by atoms with Crippen molar-refractivity contribution < 1.29 is 14.1 Å². The van der Waals surface area contributed by atoms with Crippen molar-refractivity contribution in [2.75, 3.05) is 18.0 Å². The summed E-state index contributed by atoms with van der Waals surface area (Å²) >= 11 is 3.64. The van der Waals surface area contributed by atoms with E-state index in [2.05, 4.69) is 9.88 Å². The lowest BCUT2D eigenvalue weighted by atomic mass is 10.0. The third-order valence-electron chi connectivity index (χ3n) is 8.26. The maximum absolute atomic E-state index is 14.3. The molecule has 3 aromatic heterocycles. The standard InChI is InChI=1S/C35H28FN5O4S3/c1-20-31(48-34(37-20)39-17-7-4-8-18-39)30(42)23-13-16-27(26(19-23)41(44)45)47-35-38-32-29(33(43)40(35)25-9-5-3-6-10-25)28(21(2)46-32)22-11-14-24(36)15-12-22/h3,5-6,9-16,19H,4,7-8,17-18H2,1-2H3. The quantitative estimate of drug-likeness (QED) is 0.0673. The van der Waals surface area contributed by atoms with Gasteiger partial charge in [-0.2, -0.15) is 0 Å². The van der Waals surface area contributed by atoms with E-state index in [1.165, 1.54) is 57.9 Å². The van der Waals surface area contributed by atoms with Crippen molar-refractivity contribution in [1.29, 1.82) is 0 Å². The van der Waals surface area contributed by atoms with Crippen molar-refractivity contribution in [2.24, 2.45) is 0 Å². The van der Waals surface area contributed by atoms with Crippen molar-refractivity contribution >= 4 is 61.3 Å². The lowest BCUT2D eigenvalue weighted by Gasteiger charge is -2.25. The van der Waals surface area contributed by atoms with Crippen molar-refractivity contribution in [2.45, 2.75) is 43.2 Å². The lowest BCUT2D eigenvalue weighted by Crippen LogP contribution is -2.29. The summed E-state index contributed by atoms with van der Waals surface area (Å²) in [4.78, 5) is 53.6. The molecule has 4 heterocycles. The summed E-state index contributed by atoms with van der Waals surface area (Å²) in [7, 11) is 0. The SMILES string of the molecule is Cc1nc(N2CCCCC2)sc1C(=O)c1ccc(Sc2nc3sc(C)c(-c4ccc(F)cc4)c3c(=O)n2-c2ccccc2)c([N+](=O)[O-])c1. The number of hydrogen-bond donors (Lipinski definition) is 0. The van der Waals surface area contributed by atoms with E-state index in [1.807, 2.05) is 13.0 Å². The van der Waals surface area contributed by atoms with Crippen LogP contribution in [0.1, 0.15) is 45.1 Å². The molecule has 0 amide bonds. The average molecular weight is 698 g/mol. The Morgan fingerprint density at radius 3 is 2.40 bits per heavy atom. The Morgan fingerprint density at radius 1 is 0.958 bits per heavy atom. The molecule has 0 N–H and O–H groups in total. The van der Waals surface area contributed by atoms with E-state index in [0.717, 1.165) is 47.7 Å². The number of benzene rings is 3. The van der Waals surface area contributed by atoms with E-state index in [9.17, 15) is 24.1 Å². The zero-order valence-electron chi connectivity index (χ0n) is 25.9.